The quantitative estimate of drug-likeness (QED) is 0.826. The predicted octanol–water partition coefficient (Wildman–Crippen LogP) is 4.03. The third kappa shape index (κ3) is 3.35. The van der Waals surface area contributed by atoms with E-state index >= 15 is 0 Å². The molecule has 0 atom stereocenters. The van der Waals surface area contributed by atoms with Crippen LogP contribution < -0.4 is 0 Å². The molecule has 1 heterocycles. The molecule has 0 unspecified atom stereocenters. The van der Waals surface area contributed by atoms with Gasteiger partial charge in [0.05, 0.1) is 5.69 Å². The molecule has 3 rings (SSSR count). The van der Waals surface area contributed by atoms with Crippen LogP contribution in [0.1, 0.15) is 45.1 Å². The van der Waals surface area contributed by atoms with Crippen molar-refractivity contribution in [2.75, 3.05) is 0 Å². The fraction of sp³-hybridized carbons (Fsp3) is 0.500. The monoisotopic (exact) mass is 283 g/mol. The molecular formula is C18H25N3. The maximum atomic E-state index is 4.27. The van der Waals surface area contributed by atoms with Crippen molar-refractivity contribution in [1.82, 2.24) is 14.7 Å². The predicted molar refractivity (Wildman–Crippen MR) is 86.5 cm³/mol. The first-order valence-corrected chi connectivity index (χ1v) is 8.09. The minimum absolute atomic E-state index is 0.610. The van der Waals surface area contributed by atoms with Crippen LogP contribution in [0.5, 0.6) is 0 Å². The average molecular weight is 283 g/mol. The van der Waals surface area contributed by atoms with Crippen molar-refractivity contribution < 1.29 is 0 Å². The molecule has 3 heteroatoms. The van der Waals surface area contributed by atoms with Gasteiger partial charge in [-0.05, 0) is 50.5 Å². The smallest absolute Gasteiger partial charge is 0.0645 e. The van der Waals surface area contributed by atoms with Crippen molar-refractivity contribution in [1.29, 1.82) is 0 Å². The first-order chi connectivity index (χ1) is 10.2. The molecule has 1 saturated carbocycles. The highest BCUT2D eigenvalue weighted by Gasteiger charge is 2.24. The summed E-state index contributed by atoms with van der Waals surface area (Å²) >= 11 is 0. The van der Waals surface area contributed by atoms with Crippen LogP contribution in [0.2, 0.25) is 0 Å². The van der Waals surface area contributed by atoms with Crippen LogP contribution in [0.4, 0.5) is 0 Å². The van der Waals surface area contributed by atoms with Crippen LogP contribution in [0.3, 0.4) is 0 Å². The number of hydrogen-bond acceptors (Lipinski definition) is 2. The van der Waals surface area contributed by atoms with Crippen molar-refractivity contribution in [2.24, 2.45) is 0 Å². The van der Waals surface area contributed by atoms with Gasteiger partial charge in [0, 0.05) is 31.0 Å². The third-order valence-corrected chi connectivity index (χ3v) is 4.53. The normalized spacial score (nSPS) is 16.2. The Balaban J connectivity index is 1.71. The van der Waals surface area contributed by atoms with E-state index in [1.165, 1.54) is 31.2 Å². The second kappa shape index (κ2) is 6.44. The first kappa shape index (κ1) is 14.3. The Morgan fingerprint density at radius 1 is 1.19 bits per heavy atom. The van der Waals surface area contributed by atoms with Gasteiger partial charge in [0.25, 0.3) is 0 Å². The van der Waals surface area contributed by atoms with Crippen LogP contribution in [-0.4, -0.2) is 26.8 Å². The van der Waals surface area contributed by atoms with Gasteiger partial charge in [0.2, 0.25) is 0 Å². The summed E-state index contributed by atoms with van der Waals surface area (Å²) in [6.07, 6.45) is 9.31. The van der Waals surface area contributed by atoms with Gasteiger partial charge in [-0.1, -0.05) is 25.0 Å². The summed E-state index contributed by atoms with van der Waals surface area (Å²) in [5.41, 5.74) is 2.52. The molecule has 2 aromatic rings. The Morgan fingerprint density at radius 2 is 1.90 bits per heavy atom. The molecule has 0 amide bonds. The van der Waals surface area contributed by atoms with Crippen LogP contribution in [0.15, 0.2) is 42.7 Å². The highest BCUT2D eigenvalue weighted by molar-refractivity contribution is 5.33. The van der Waals surface area contributed by atoms with Crippen molar-refractivity contribution in [2.45, 2.75) is 58.2 Å². The Hall–Kier alpha value is -1.61. The standard InChI is InChI=1S/C18H25N3/c1-15(2)20(17-6-3-4-7-17)14-16-8-10-18(11-9-16)21-13-5-12-19-21/h5,8-13,15,17H,3-4,6-7,14H2,1-2H3. The van der Waals surface area contributed by atoms with E-state index in [2.05, 4.69) is 48.1 Å². The lowest BCUT2D eigenvalue weighted by Crippen LogP contribution is -2.38. The van der Waals surface area contributed by atoms with E-state index in [9.17, 15) is 0 Å². The maximum Gasteiger partial charge on any atom is 0.0645 e. The number of rotatable bonds is 5. The molecular weight excluding hydrogens is 258 g/mol. The Morgan fingerprint density at radius 3 is 2.48 bits per heavy atom. The largest absolute Gasteiger partial charge is 0.294 e. The molecule has 112 valence electrons. The minimum atomic E-state index is 0.610. The van der Waals surface area contributed by atoms with E-state index in [0.29, 0.717) is 6.04 Å². The lowest BCUT2D eigenvalue weighted by atomic mass is 10.1. The van der Waals surface area contributed by atoms with Crippen molar-refractivity contribution in [3.8, 4) is 5.69 Å². The van der Waals surface area contributed by atoms with E-state index in [1.54, 1.807) is 0 Å². The molecule has 0 N–H and O–H groups in total. The van der Waals surface area contributed by atoms with Gasteiger partial charge in [0.15, 0.2) is 0 Å². The van der Waals surface area contributed by atoms with E-state index in [1.807, 2.05) is 23.1 Å². The molecule has 1 aromatic carbocycles. The molecule has 1 aliphatic carbocycles. The zero-order valence-electron chi connectivity index (χ0n) is 13.1. The Bertz CT molecular complexity index is 536. The highest BCUT2D eigenvalue weighted by Crippen LogP contribution is 2.26. The van der Waals surface area contributed by atoms with Crippen LogP contribution in [-0.2, 0) is 6.54 Å². The maximum absolute atomic E-state index is 4.27. The molecule has 0 spiro atoms. The second-order valence-electron chi connectivity index (χ2n) is 6.32. The molecule has 0 bridgehead atoms. The van der Waals surface area contributed by atoms with Gasteiger partial charge in [0.1, 0.15) is 0 Å². The zero-order chi connectivity index (χ0) is 14.7. The van der Waals surface area contributed by atoms with E-state index in [-0.39, 0.29) is 0 Å². The summed E-state index contributed by atoms with van der Waals surface area (Å²) in [7, 11) is 0. The van der Waals surface area contributed by atoms with Crippen molar-refractivity contribution in [3.05, 3.63) is 48.3 Å². The molecule has 0 saturated heterocycles. The lowest BCUT2D eigenvalue weighted by molar-refractivity contribution is 0.146. The van der Waals surface area contributed by atoms with Crippen molar-refractivity contribution >= 4 is 0 Å². The van der Waals surface area contributed by atoms with E-state index in [4.69, 9.17) is 0 Å². The zero-order valence-corrected chi connectivity index (χ0v) is 13.1. The van der Waals surface area contributed by atoms with Crippen molar-refractivity contribution in [3.63, 3.8) is 0 Å². The fourth-order valence-corrected chi connectivity index (χ4v) is 3.36. The van der Waals surface area contributed by atoms with Gasteiger partial charge in [-0.2, -0.15) is 5.10 Å². The Labute approximate surface area is 127 Å². The van der Waals surface area contributed by atoms with Crippen LogP contribution >= 0.6 is 0 Å². The topological polar surface area (TPSA) is 21.1 Å². The van der Waals surface area contributed by atoms with Gasteiger partial charge < -0.3 is 0 Å². The molecule has 0 aliphatic heterocycles. The Kier molecular flexibility index (Phi) is 4.39. The second-order valence-corrected chi connectivity index (χ2v) is 6.32. The molecule has 1 aromatic heterocycles. The summed E-state index contributed by atoms with van der Waals surface area (Å²) in [6, 6.07) is 12.1. The molecule has 1 fully saturated rings. The first-order valence-electron chi connectivity index (χ1n) is 8.09. The summed E-state index contributed by atoms with van der Waals surface area (Å²) in [5, 5.41) is 4.27. The summed E-state index contributed by atoms with van der Waals surface area (Å²) in [6.45, 7) is 5.69. The van der Waals surface area contributed by atoms with Gasteiger partial charge in [-0.15, -0.1) is 0 Å². The minimum Gasteiger partial charge on any atom is -0.294 e. The fourth-order valence-electron chi connectivity index (χ4n) is 3.36. The third-order valence-electron chi connectivity index (χ3n) is 4.53. The summed E-state index contributed by atoms with van der Waals surface area (Å²) in [4.78, 5) is 2.66. The SMILES string of the molecule is CC(C)N(Cc1ccc(-n2cccn2)cc1)C1CCCC1. The summed E-state index contributed by atoms with van der Waals surface area (Å²) in [5.74, 6) is 0. The number of hydrogen-bond donors (Lipinski definition) is 0. The van der Waals surface area contributed by atoms with Gasteiger partial charge in [-0.25, -0.2) is 4.68 Å². The number of nitrogens with zero attached hydrogens (tertiary/aromatic N) is 3. The molecule has 3 nitrogen and oxygen atoms in total. The molecule has 0 radical (unpaired) electrons. The van der Waals surface area contributed by atoms with E-state index in [0.717, 1.165) is 18.3 Å². The van der Waals surface area contributed by atoms with E-state index < -0.39 is 0 Å². The molecule has 21 heavy (non-hydrogen) atoms. The summed E-state index contributed by atoms with van der Waals surface area (Å²) < 4.78 is 1.90. The number of aromatic nitrogens is 2. The van der Waals surface area contributed by atoms with Crippen LogP contribution in [0.25, 0.3) is 5.69 Å². The van der Waals surface area contributed by atoms with Crippen LogP contribution in [0, 0.1) is 0 Å². The lowest BCUT2D eigenvalue weighted by Gasteiger charge is -2.32. The highest BCUT2D eigenvalue weighted by atomic mass is 15.3. The number of benzene rings is 1. The average Bonchev–Trinajstić information content (AvgIpc) is 3.18. The molecule has 1 aliphatic rings. The van der Waals surface area contributed by atoms with Gasteiger partial charge >= 0.3 is 0 Å². The van der Waals surface area contributed by atoms with Gasteiger partial charge in [-0.3, -0.25) is 4.90 Å².